The van der Waals surface area contributed by atoms with Crippen LogP contribution in [0.2, 0.25) is 5.15 Å². The van der Waals surface area contributed by atoms with Gasteiger partial charge in [-0.2, -0.15) is 0 Å². The predicted octanol–water partition coefficient (Wildman–Crippen LogP) is 3.08. The first-order chi connectivity index (χ1) is 8.11. The molecule has 88 valence electrons. The number of carboxylic acid groups (broad SMARTS) is 1. The number of fused-ring (bicyclic) bond motifs is 1. The Bertz CT molecular complexity index is 581. The number of carbonyl (C=O) groups is 1. The molecule has 0 aliphatic heterocycles. The minimum Gasteiger partial charge on any atom is -0.481 e. The predicted molar refractivity (Wildman–Crippen MR) is 67.5 cm³/mol. The number of aliphatic carboxylic acids is 1. The molecule has 0 radical (unpaired) electrons. The van der Waals surface area contributed by atoms with E-state index in [-0.39, 0.29) is 11.6 Å². The number of hydrogen-bond donors (Lipinski definition) is 1. The molecule has 1 heterocycles. The van der Waals surface area contributed by atoms with Crippen LogP contribution in [0.25, 0.3) is 10.9 Å². The highest BCUT2D eigenvalue weighted by molar-refractivity contribution is 6.30. The molecule has 0 atom stereocenters. The number of benzene rings is 1. The lowest BCUT2D eigenvalue weighted by Crippen LogP contribution is -2.02. The molecule has 0 saturated heterocycles. The SMILES string of the molecule is CCc1cccc2cc(CC(=O)O)c(Cl)nc12. The molecule has 4 heteroatoms. The third-order valence-electron chi connectivity index (χ3n) is 2.68. The van der Waals surface area contributed by atoms with Crippen molar-refractivity contribution in [1.82, 2.24) is 4.98 Å². The smallest absolute Gasteiger partial charge is 0.307 e. The van der Waals surface area contributed by atoms with Crippen molar-refractivity contribution in [2.24, 2.45) is 0 Å². The van der Waals surface area contributed by atoms with Crippen molar-refractivity contribution in [2.45, 2.75) is 19.8 Å². The van der Waals surface area contributed by atoms with Gasteiger partial charge in [-0.3, -0.25) is 4.79 Å². The van der Waals surface area contributed by atoms with Crippen LogP contribution in [-0.2, 0) is 17.6 Å². The molecule has 0 amide bonds. The summed E-state index contributed by atoms with van der Waals surface area (Å²) in [7, 11) is 0. The zero-order chi connectivity index (χ0) is 12.4. The lowest BCUT2D eigenvalue weighted by Gasteiger charge is -2.07. The number of para-hydroxylation sites is 1. The fourth-order valence-electron chi connectivity index (χ4n) is 1.85. The third kappa shape index (κ3) is 2.39. The van der Waals surface area contributed by atoms with E-state index in [1.165, 1.54) is 0 Å². The molecule has 0 saturated carbocycles. The van der Waals surface area contributed by atoms with Crippen LogP contribution in [0.3, 0.4) is 0 Å². The summed E-state index contributed by atoms with van der Waals surface area (Å²) in [4.78, 5) is 15.0. The highest BCUT2D eigenvalue weighted by Crippen LogP contribution is 2.23. The molecule has 2 rings (SSSR count). The van der Waals surface area contributed by atoms with Crippen LogP contribution in [-0.4, -0.2) is 16.1 Å². The van der Waals surface area contributed by atoms with Crippen molar-refractivity contribution in [1.29, 1.82) is 0 Å². The van der Waals surface area contributed by atoms with Crippen molar-refractivity contribution in [3.05, 3.63) is 40.5 Å². The fraction of sp³-hybridized carbons (Fsp3) is 0.231. The summed E-state index contributed by atoms with van der Waals surface area (Å²) < 4.78 is 0. The monoisotopic (exact) mass is 249 g/mol. The fourth-order valence-corrected chi connectivity index (χ4v) is 2.06. The largest absolute Gasteiger partial charge is 0.481 e. The van der Waals surface area contributed by atoms with Crippen LogP contribution in [0.1, 0.15) is 18.1 Å². The Kier molecular flexibility index (Phi) is 3.29. The van der Waals surface area contributed by atoms with E-state index in [0.29, 0.717) is 5.56 Å². The van der Waals surface area contributed by atoms with E-state index in [1.54, 1.807) is 6.07 Å². The number of aromatic nitrogens is 1. The van der Waals surface area contributed by atoms with Crippen molar-refractivity contribution in [3.8, 4) is 0 Å². The van der Waals surface area contributed by atoms with Crippen LogP contribution >= 0.6 is 11.6 Å². The van der Waals surface area contributed by atoms with Crippen molar-refractivity contribution < 1.29 is 9.90 Å². The number of nitrogens with zero attached hydrogens (tertiary/aromatic N) is 1. The van der Waals surface area contributed by atoms with E-state index in [0.717, 1.165) is 22.9 Å². The first-order valence-electron chi connectivity index (χ1n) is 5.40. The number of carboxylic acids is 1. The number of rotatable bonds is 3. The lowest BCUT2D eigenvalue weighted by atomic mass is 10.1. The van der Waals surface area contributed by atoms with Gasteiger partial charge in [-0.1, -0.05) is 36.7 Å². The number of pyridine rings is 1. The van der Waals surface area contributed by atoms with Gasteiger partial charge < -0.3 is 5.11 Å². The van der Waals surface area contributed by atoms with Gasteiger partial charge in [0.25, 0.3) is 0 Å². The van der Waals surface area contributed by atoms with E-state index in [4.69, 9.17) is 16.7 Å². The lowest BCUT2D eigenvalue weighted by molar-refractivity contribution is -0.136. The van der Waals surface area contributed by atoms with E-state index in [9.17, 15) is 4.79 Å². The second-order valence-electron chi connectivity index (χ2n) is 3.85. The Morgan fingerprint density at radius 1 is 1.41 bits per heavy atom. The standard InChI is InChI=1S/C13H12ClNO2/c1-2-8-4-3-5-9-6-10(7-11(16)17)13(14)15-12(8)9/h3-6H,2,7H2,1H3,(H,16,17). The summed E-state index contributed by atoms with van der Waals surface area (Å²) >= 11 is 6.00. The van der Waals surface area contributed by atoms with Gasteiger partial charge in [0.1, 0.15) is 5.15 Å². The quantitative estimate of drug-likeness (QED) is 0.851. The van der Waals surface area contributed by atoms with Crippen LogP contribution in [0.5, 0.6) is 0 Å². The minimum atomic E-state index is -0.903. The molecule has 0 bridgehead atoms. The highest BCUT2D eigenvalue weighted by Gasteiger charge is 2.10. The summed E-state index contributed by atoms with van der Waals surface area (Å²) in [6.07, 6.45) is 0.775. The molecule has 1 aromatic heterocycles. The Balaban J connectivity index is 2.61. The Morgan fingerprint density at radius 2 is 2.18 bits per heavy atom. The topological polar surface area (TPSA) is 50.2 Å². The van der Waals surface area contributed by atoms with Gasteiger partial charge in [0.2, 0.25) is 0 Å². The van der Waals surface area contributed by atoms with Gasteiger partial charge in [-0.15, -0.1) is 0 Å². The maximum absolute atomic E-state index is 10.7. The Hall–Kier alpha value is -1.61. The minimum absolute atomic E-state index is 0.0991. The van der Waals surface area contributed by atoms with Gasteiger partial charge in [0, 0.05) is 10.9 Å². The molecule has 2 aromatic rings. The summed E-state index contributed by atoms with van der Waals surface area (Å²) in [5, 5.41) is 9.99. The normalized spacial score (nSPS) is 10.7. The second-order valence-corrected chi connectivity index (χ2v) is 4.21. The highest BCUT2D eigenvalue weighted by atomic mass is 35.5. The molecule has 0 aliphatic rings. The van der Waals surface area contributed by atoms with Crippen LogP contribution in [0.15, 0.2) is 24.3 Å². The summed E-state index contributed by atoms with van der Waals surface area (Å²) in [5.74, 6) is -0.903. The summed E-state index contributed by atoms with van der Waals surface area (Å²) in [5.41, 5.74) is 2.53. The van der Waals surface area contributed by atoms with Gasteiger partial charge in [-0.05, 0) is 18.1 Å². The second kappa shape index (κ2) is 4.72. The van der Waals surface area contributed by atoms with E-state index < -0.39 is 5.97 Å². The van der Waals surface area contributed by atoms with Gasteiger partial charge in [0.15, 0.2) is 0 Å². The first kappa shape index (κ1) is 11.9. The van der Waals surface area contributed by atoms with Crippen molar-refractivity contribution in [2.75, 3.05) is 0 Å². The maximum Gasteiger partial charge on any atom is 0.307 e. The summed E-state index contributed by atoms with van der Waals surface area (Å²) in [6.45, 7) is 2.05. The molecule has 0 spiro atoms. The summed E-state index contributed by atoms with van der Waals surface area (Å²) in [6, 6.07) is 7.67. The van der Waals surface area contributed by atoms with E-state index in [2.05, 4.69) is 11.9 Å². The molecule has 0 aliphatic carbocycles. The molecular formula is C13H12ClNO2. The Morgan fingerprint density at radius 3 is 2.82 bits per heavy atom. The van der Waals surface area contributed by atoms with Crippen molar-refractivity contribution in [3.63, 3.8) is 0 Å². The van der Waals surface area contributed by atoms with Gasteiger partial charge in [0.05, 0.1) is 11.9 Å². The van der Waals surface area contributed by atoms with Crippen LogP contribution in [0, 0.1) is 0 Å². The zero-order valence-electron chi connectivity index (χ0n) is 9.40. The molecule has 1 aromatic carbocycles. The number of hydrogen-bond acceptors (Lipinski definition) is 2. The zero-order valence-corrected chi connectivity index (χ0v) is 10.2. The van der Waals surface area contributed by atoms with Gasteiger partial charge >= 0.3 is 5.97 Å². The maximum atomic E-state index is 10.7. The van der Waals surface area contributed by atoms with E-state index in [1.807, 2.05) is 18.2 Å². The van der Waals surface area contributed by atoms with Crippen molar-refractivity contribution >= 4 is 28.5 Å². The average Bonchev–Trinajstić information content (AvgIpc) is 2.29. The van der Waals surface area contributed by atoms with E-state index >= 15 is 0 Å². The first-order valence-corrected chi connectivity index (χ1v) is 5.78. The third-order valence-corrected chi connectivity index (χ3v) is 3.01. The Labute approximate surface area is 104 Å². The molecule has 0 fully saturated rings. The number of halogens is 1. The van der Waals surface area contributed by atoms with Gasteiger partial charge in [-0.25, -0.2) is 4.98 Å². The molecule has 17 heavy (non-hydrogen) atoms. The van der Waals surface area contributed by atoms with Crippen LogP contribution < -0.4 is 0 Å². The average molecular weight is 250 g/mol. The molecular weight excluding hydrogens is 238 g/mol. The molecule has 1 N–H and O–H groups in total. The molecule has 0 unspecified atom stereocenters. The molecule has 3 nitrogen and oxygen atoms in total. The van der Waals surface area contributed by atoms with Crippen LogP contribution in [0.4, 0.5) is 0 Å². The number of aryl methyl sites for hydroxylation is 1.